The first kappa shape index (κ1) is 12.3. The number of aryl methyl sites for hydroxylation is 1. The van der Waals surface area contributed by atoms with Crippen LogP contribution in [0.25, 0.3) is 0 Å². The number of benzene rings is 1. The molecule has 1 saturated carbocycles. The Bertz CT molecular complexity index is 520. The van der Waals surface area contributed by atoms with Crippen LogP contribution >= 0.6 is 0 Å². The van der Waals surface area contributed by atoms with Crippen molar-refractivity contribution in [3.63, 3.8) is 0 Å². The molecule has 0 aliphatic heterocycles. The van der Waals surface area contributed by atoms with Crippen LogP contribution in [0.2, 0.25) is 0 Å². The highest BCUT2D eigenvalue weighted by Gasteiger charge is 2.18. The molecule has 17 heavy (non-hydrogen) atoms. The van der Waals surface area contributed by atoms with Crippen molar-refractivity contribution in [1.82, 2.24) is 0 Å². The smallest absolute Gasteiger partial charge is 0.163 e. The summed E-state index contributed by atoms with van der Waals surface area (Å²) in [7, 11) is -2.36. The maximum Gasteiger partial charge on any atom is 0.316 e. The van der Waals surface area contributed by atoms with Crippen molar-refractivity contribution in [1.29, 1.82) is 0 Å². The summed E-state index contributed by atoms with van der Waals surface area (Å²) in [5, 5.41) is 0. The third-order valence-electron chi connectivity index (χ3n) is 3.40. The topological polar surface area (TPSA) is 46.5 Å². The monoisotopic (exact) mass is 251 g/mol. The summed E-state index contributed by atoms with van der Waals surface area (Å²) in [6.07, 6.45) is 6.06. The highest BCUT2D eigenvalue weighted by atomic mass is 32.2. The number of hydrogen-bond acceptors (Lipinski definition) is 3. The molecular formula is C13H17NO2S. The predicted octanol–water partition coefficient (Wildman–Crippen LogP) is 3.74. The van der Waals surface area contributed by atoms with Gasteiger partial charge in [-0.1, -0.05) is 37.0 Å². The zero-order valence-corrected chi connectivity index (χ0v) is 10.8. The predicted molar refractivity (Wildman–Crippen MR) is 68.0 cm³/mol. The van der Waals surface area contributed by atoms with E-state index in [4.69, 9.17) is 0 Å². The SMILES string of the molecule is Cc1ccc(N=S(=O)=O)c(C2CCCCC2)c1. The summed E-state index contributed by atoms with van der Waals surface area (Å²) in [6.45, 7) is 2.03. The quantitative estimate of drug-likeness (QED) is 0.803. The summed E-state index contributed by atoms with van der Waals surface area (Å²) in [5.41, 5.74) is 2.89. The number of rotatable bonds is 2. The molecule has 1 fully saturated rings. The molecule has 1 aliphatic carbocycles. The maximum atomic E-state index is 10.7. The van der Waals surface area contributed by atoms with E-state index in [0.29, 0.717) is 11.6 Å². The van der Waals surface area contributed by atoms with Crippen LogP contribution in [-0.4, -0.2) is 8.42 Å². The standard InChI is InChI=1S/C13H17NO2S/c1-10-7-8-13(14-17(15)16)12(9-10)11-5-3-2-4-6-11/h7-9,11H,2-6H2,1H3. The molecule has 1 aromatic rings. The Hall–Kier alpha value is -1.16. The number of nitrogens with zero attached hydrogens (tertiary/aromatic N) is 1. The molecule has 0 bridgehead atoms. The van der Waals surface area contributed by atoms with E-state index < -0.39 is 10.5 Å². The third kappa shape index (κ3) is 3.16. The lowest BCUT2D eigenvalue weighted by Gasteiger charge is -2.23. The lowest BCUT2D eigenvalue weighted by atomic mass is 9.83. The van der Waals surface area contributed by atoms with Crippen LogP contribution in [0, 0.1) is 6.92 Å². The maximum absolute atomic E-state index is 10.7. The van der Waals surface area contributed by atoms with Gasteiger partial charge in [0.25, 0.3) is 0 Å². The van der Waals surface area contributed by atoms with Gasteiger partial charge in [-0.2, -0.15) is 8.42 Å². The second-order valence-corrected chi connectivity index (χ2v) is 5.32. The highest BCUT2D eigenvalue weighted by molar-refractivity contribution is 7.61. The Balaban J connectivity index is 2.42. The summed E-state index contributed by atoms with van der Waals surface area (Å²) in [4.78, 5) is 0. The lowest BCUT2D eigenvalue weighted by Crippen LogP contribution is -2.05. The molecule has 0 spiro atoms. The van der Waals surface area contributed by atoms with Gasteiger partial charge in [0.05, 0.1) is 5.69 Å². The van der Waals surface area contributed by atoms with Crippen molar-refractivity contribution >= 4 is 16.2 Å². The first-order valence-corrected chi connectivity index (χ1v) is 7.11. The van der Waals surface area contributed by atoms with Crippen LogP contribution < -0.4 is 0 Å². The van der Waals surface area contributed by atoms with Gasteiger partial charge in [-0.05, 0) is 37.3 Å². The van der Waals surface area contributed by atoms with Gasteiger partial charge < -0.3 is 0 Å². The minimum atomic E-state index is -2.36. The van der Waals surface area contributed by atoms with Crippen LogP contribution in [0.3, 0.4) is 0 Å². The van der Waals surface area contributed by atoms with Gasteiger partial charge >= 0.3 is 10.5 Å². The Morgan fingerprint density at radius 1 is 1.18 bits per heavy atom. The molecule has 92 valence electrons. The fraction of sp³-hybridized carbons (Fsp3) is 0.538. The summed E-state index contributed by atoms with van der Waals surface area (Å²) in [5.74, 6) is 0.478. The average molecular weight is 251 g/mol. The number of hydrogen-bond donors (Lipinski definition) is 0. The minimum absolute atomic E-state index is 0.478. The molecule has 0 amide bonds. The van der Waals surface area contributed by atoms with E-state index in [1.54, 1.807) is 0 Å². The second-order valence-electron chi connectivity index (χ2n) is 4.71. The van der Waals surface area contributed by atoms with Gasteiger partial charge in [0.2, 0.25) is 0 Å². The zero-order chi connectivity index (χ0) is 12.3. The van der Waals surface area contributed by atoms with Crippen molar-refractivity contribution in [3.8, 4) is 0 Å². The van der Waals surface area contributed by atoms with Gasteiger partial charge in [-0.25, -0.2) is 0 Å². The van der Waals surface area contributed by atoms with E-state index >= 15 is 0 Å². The van der Waals surface area contributed by atoms with Crippen LogP contribution in [0.1, 0.15) is 49.1 Å². The van der Waals surface area contributed by atoms with Crippen molar-refractivity contribution in [2.75, 3.05) is 0 Å². The average Bonchev–Trinajstić information content (AvgIpc) is 2.32. The van der Waals surface area contributed by atoms with Crippen molar-refractivity contribution in [2.45, 2.75) is 44.9 Å². The zero-order valence-electron chi connectivity index (χ0n) is 10.0. The van der Waals surface area contributed by atoms with Crippen LogP contribution in [0.15, 0.2) is 22.6 Å². The largest absolute Gasteiger partial charge is 0.316 e. The molecule has 0 N–H and O–H groups in total. The Labute approximate surface area is 104 Å². The Kier molecular flexibility index (Phi) is 3.94. The van der Waals surface area contributed by atoms with Gasteiger partial charge in [-0.3, -0.25) is 0 Å². The van der Waals surface area contributed by atoms with Gasteiger partial charge in [-0.15, -0.1) is 4.36 Å². The molecule has 0 unspecified atom stereocenters. The van der Waals surface area contributed by atoms with Crippen LogP contribution in [0.5, 0.6) is 0 Å². The fourth-order valence-corrected chi connectivity index (χ4v) is 2.90. The van der Waals surface area contributed by atoms with E-state index in [9.17, 15) is 8.42 Å². The minimum Gasteiger partial charge on any atom is -0.163 e. The molecule has 3 nitrogen and oxygen atoms in total. The Morgan fingerprint density at radius 2 is 1.88 bits per heavy atom. The lowest BCUT2D eigenvalue weighted by molar-refractivity contribution is 0.444. The molecule has 0 saturated heterocycles. The van der Waals surface area contributed by atoms with Crippen LogP contribution in [0.4, 0.5) is 5.69 Å². The van der Waals surface area contributed by atoms with Gasteiger partial charge in [0.15, 0.2) is 0 Å². The molecule has 0 heterocycles. The van der Waals surface area contributed by atoms with Crippen molar-refractivity contribution < 1.29 is 8.42 Å². The molecule has 1 aromatic carbocycles. The second kappa shape index (κ2) is 5.45. The van der Waals surface area contributed by atoms with E-state index in [1.807, 2.05) is 19.1 Å². The van der Waals surface area contributed by atoms with Crippen LogP contribution in [-0.2, 0) is 10.5 Å². The molecule has 1 aliphatic rings. The van der Waals surface area contributed by atoms with E-state index in [1.165, 1.54) is 24.8 Å². The Morgan fingerprint density at radius 3 is 2.53 bits per heavy atom. The summed E-state index contributed by atoms with van der Waals surface area (Å²) < 4.78 is 25.1. The first-order chi connectivity index (χ1) is 8.16. The normalized spacial score (nSPS) is 16.8. The molecule has 0 atom stereocenters. The third-order valence-corrected chi connectivity index (χ3v) is 3.75. The van der Waals surface area contributed by atoms with Gasteiger partial charge in [0.1, 0.15) is 0 Å². The molecule has 2 rings (SSSR count). The molecular weight excluding hydrogens is 234 g/mol. The van der Waals surface area contributed by atoms with E-state index in [2.05, 4.69) is 10.4 Å². The molecule has 0 radical (unpaired) electrons. The van der Waals surface area contributed by atoms with Gasteiger partial charge in [0, 0.05) is 0 Å². The highest BCUT2D eigenvalue weighted by Crippen LogP contribution is 2.37. The van der Waals surface area contributed by atoms with Crippen molar-refractivity contribution in [2.24, 2.45) is 4.36 Å². The van der Waals surface area contributed by atoms with E-state index in [-0.39, 0.29) is 0 Å². The van der Waals surface area contributed by atoms with Crippen molar-refractivity contribution in [3.05, 3.63) is 29.3 Å². The fourth-order valence-electron chi connectivity index (χ4n) is 2.58. The summed E-state index contributed by atoms with van der Waals surface area (Å²) in [6, 6.07) is 5.81. The first-order valence-electron chi connectivity index (χ1n) is 6.08. The molecule has 4 heteroatoms. The van der Waals surface area contributed by atoms with E-state index in [0.717, 1.165) is 18.4 Å². The molecule has 0 aromatic heterocycles. The summed E-state index contributed by atoms with van der Waals surface area (Å²) >= 11 is 0.